The van der Waals surface area contributed by atoms with E-state index in [0.717, 1.165) is 6.42 Å². The van der Waals surface area contributed by atoms with Crippen molar-refractivity contribution >= 4 is 46.5 Å². The lowest BCUT2D eigenvalue weighted by atomic mass is 10.1. The third-order valence-electron chi connectivity index (χ3n) is 3.45. The molecule has 0 saturated carbocycles. The molecular weight excluding hydrogens is 377 g/mol. The molecule has 1 amide bonds. The van der Waals surface area contributed by atoms with Crippen molar-refractivity contribution in [3.63, 3.8) is 0 Å². The standard InChI is InChI=1S/C19H17Cl2NO4/c1-2-3-18(24)22-14-7-4-12(5-8-14)17(23)11-26-19(25)15-9-6-13(20)10-16(15)21/h4-10H,2-3,11H2,1H3,(H,22,24). The Morgan fingerprint density at radius 3 is 2.35 bits per heavy atom. The van der Waals surface area contributed by atoms with Crippen LogP contribution in [0.25, 0.3) is 0 Å². The smallest absolute Gasteiger partial charge is 0.340 e. The number of carbonyl (C=O) groups excluding carboxylic acids is 3. The number of amides is 1. The SMILES string of the molecule is CCCC(=O)Nc1ccc(C(=O)COC(=O)c2ccc(Cl)cc2Cl)cc1. The summed E-state index contributed by atoms with van der Waals surface area (Å²) in [6.07, 6.45) is 1.19. The highest BCUT2D eigenvalue weighted by atomic mass is 35.5. The topological polar surface area (TPSA) is 72.5 Å². The second kappa shape index (κ2) is 9.36. The molecule has 0 bridgehead atoms. The molecule has 26 heavy (non-hydrogen) atoms. The number of benzene rings is 2. The van der Waals surface area contributed by atoms with Crippen molar-refractivity contribution in [2.24, 2.45) is 0 Å². The maximum absolute atomic E-state index is 12.1. The summed E-state index contributed by atoms with van der Waals surface area (Å²) in [5, 5.41) is 3.28. The van der Waals surface area contributed by atoms with E-state index in [-0.39, 0.29) is 22.3 Å². The van der Waals surface area contributed by atoms with Crippen LogP contribution in [0.2, 0.25) is 10.0 Å². The van der Waals surface area contributed by atoms with Crippen molar-refractivity contribution in [1.29, 1.82) is 0 Å². The molecule has 0 heterocycles. The number of nitrogens with one attached hydrogen (secondary N) is 1. The number of hydrogen-bond acceptors (Lipinski definition) is 4. The lowest BCUT2D eigenvalue weighted by Gasteiger charge is -2.07. The fourth-order valence-corrected chi connectivity index (χ4v) is 2.62. The number of ketones is 1. The second-order valence-electron chi connectivity index (χ2n) is 5.50. The van der Waals surface area contributed by atoms with Crippen molar-refractivity contribution in [2.75, 3.05) is 11.9 Å². The Bertz CT molecular complexity index is 819. The Morgan fingerprint density at radius 1 is 1.04 bits per heavy atom. The van der Waals surface area contributed by atoms with Gasteiger partial charge in [-0.3, -0.25) is 9.59 Å². The van der Waals surface area contributed by atoms with Gasteiger partial charge in [-0.15, -0.1) is 0 Å². The summed E-state index contributed by atoms with van der Waals surface area (Å²) >= 11 is 11.7. The van der Waals surface area contributed by atoms with Gasteiger partial charge in [0.1, 0.15) is 0 Å². The van der Waals surface area contributed by atoms with Crippen molar-refractivity contribution < 1.29 is 19.1 Å². The van der Waals surface area contributed by atoms with Crippen LogP contribution in [0.15, 0.2) is 42.5 Å². The van der Waals surface area contributed by atoms with Gasteiger partial charge < -0.3 is 10.1 Å². The van der Waals surface area contributed by atoms with Crippen LogP contribution in [-0.2, 0) is 9.53 Å². The average molecular weight is 394 g/mol. The maximum Gasteiger partial charge on any atom is 0.340 e. The number of rotatable bonds is 7. The zero-order valence-corrected chi connectivity index (χ0v) is 15.6. The number of carbonyl (C=O) groups is 3. The molecule has 0 aliphatic carbocycles. The first-order valence-corrected chi connectivity index (χ1v) is 8.71. The van der Waals surface area contributed by atoms with Gasteiger partial charge >= 0.3 is 5.97 Å². The molecule has 0 unspecified atom stereocenters. The third-order valence-corrected chi connectivity index (χ3v) is 4.00. The largest absolute Gasteiger partial charge is 0.454 e. The monoisotopic (exact) mass is 393 g/mol. The predicted molar refractivity (Wildman–Crippen MR) is 101 cm³/mol. The van der Waals surface area contributed by atoms with Gasteiger partial charge in [-0.05, 0) is 48.9 Å². The molecule has 0 fully saturated rings. The molecule has 0 atom stereocenters. The van der Waals surface area contributed by atoms with Crippen LogP contribution < -0.4 is 5.32 Å². The summed E-state index contributed by atoms with van der Waals surface area (Å²) < 4.78 is 5.01. The van der Waals surface area contributed by atoms with Gasteiger partial charge in [0.15, 0.2) is 12.4 Å². The fraction of sp³-hybridized carbons (Fsp3) is 0.211. The van der Waals surface area contributed by atoms with E-state index in [0.29, 0.717) is 22.7 Å². The number of hydrogen-bond donors (Lipinski definition) is 1. The van der Waals surface area contributed by atoms with Crippen LogP contribution in [0.4, 0.5) is 5.69 Å². The molecule has 2 aromatic carbocycles. The summed E-state index contributed by atoms with van der Waals surface area (Å²) in [6.45, 7) is 1.50. The van der Waals surface area contributed by atoms with E-state index in [1.807, 2.05) is 6.92 Å². The van der Waals surface area contributed by atoms with Gasteiger partial charge in [0.2, 0.25) is 5.91 Å². The first-order chi connectivity index (χ1) is 12.4. The van der Waals surface area contributed by atoms with Crippen molar-refractivity contribution in [3.8, 4) is 0 Å². The molecule has 2 rings (SSSR count). The van der Waals surface area contributed by atoms with Crippen LogP contribution in [0.1, 0.15) is 40.5 Å². The zero-order valence-electron chi connectivity index (χ0n) is 14.1. The maximum atomic E-state index is 12.1. The molecule has 7 heteroatoms. The molecule has 0 radical (unpaired) electrons. The van der Waals surface area contributed by atoms with E-state index in [4.69, 9.17) is 27.9 Å². The van der Waals surface area contributed by atoms with Crippen molar-refractivity contribution in [2.45, 2.75) is 19.8 Å². The van der Waals surface area contributed by atoms with Crippen molar-refractivity contribution in [1.82, 2.24) is 0 Å². The summed E-state index contributed by atoms with van der Waals surface area (Å²) in [4.78, 5) is 35.7. The Hall–Kier alpha value is -2.37. The number of esters is 1. The highest BCUT2D eigenvalue weighted by Crippen LogP contribution is 2.21. The van der Waals surface area contributed by atoms with Gasteiger partial charge in [0, 0.05) is 22.7 Å². The minimum Gasteiger partial charge on any atom is -0.454 e. The van der Waals surface area contributed by atoms with E-state index in [1.165, 1.54) is 18.2 Å². The first kappa shape index (κ1) is 19.9. The van der Waals surface area contributed by atoms with Gasteiger partial charge in [-0.25, -0.2) is 4.79 Å². The van der Waals surface area contributed by atoms with Crippen molar-refractivity contribution in [3.05, 3.63) is 63.6 Å². The van der Waals surface area contributed by atoms with Gasteiger partial charge in [0.05, 0.1) is 10.6 Å². The highest BCUT2D eigenvalue weighted by molar-refractivity contribution is 6.36. The average Bonchev–Trinajstić information content (AvgIpc) is 2.60. The molecule has 0 saturated heterocycles. The lowest BCUT2D eigenvalue weighted by Crippen LogP contribution is -2.15. The zero-order chi connectivity index (χ0) is 19.1. The lowest BCUT2D eigenvalue weighted by molar-refractivity contribution is -0.116. The van der Waals surface area contributed by atoms with Gasteiger partial charge in [-0.1, -0.05) is 30.1 Å². The molecule has 1 N–H and O–H groups in total. The molecule has 136 valence electrons. The van der Waals surface area contributed by atoms with Crippen LogP contribution in [-0.4, -0.2) is 24.3 Å². The molecule has 5 nitrogen and oxygen atoms in total. The first-order valence-electron chi connectivity index (χ1n) is 7.96. The minimum absolute atomic E-state index is 0.0830. The van der Waals surface area contributed by atoms with E-state index in [1.54, 1.807) is 24.3 Å². The van der Waals surface area contributed by atoms with Gasteiger partial charge in [0.25, 0.3) is 0 Å². The fourth-order valence-electron chi connectivity index (χ4n) is 2.14. The van der Waals surface area contributed by atoms with Crippen LogP contribution in [0.3, 0.4) is 0 Å². The molecule has 0 aliphatic rings. The number of ether oxygens (including phenoxy) is 1. The molecular formula is C19H17Cl2NO4. The number of Topliss-reactive ketones (excluding diaryl/α,β-unsaturated/α-hetero) is 1. The Morgan fingerprint density at radius 2 is 1.73 bits per heavy atom. The Labute approximate surface area is 161 Å². The summed E-state index contributed by atoms with van der Waals surface area (Å²) in [5.41, 5.74) is 1.11. The summed E-state index contributed by atoms with van der Waals surface area (Å²) in [5.74, 6) is -1.15. The molecule has 0 aromatic heterocycles. The van der Waals surface area contributed by atoms with Crippen LogP contribution >= 0.6 is 23.2 Å². The molecule has 0 aliphatic heterocycles. The van der Waals surface area contributed by atoms with E-state index >= 15 is 0 Å². The van der Waals surface area contributed by atoms with Crippen LogP contribution in [0.5, 0.6) is 0 Å². The quantitative estimate of drug-likeness (QED) is 0.542. The Kier molecular flexibility index (Phi) is 7.18. The third kappa shape index (κ3) is 5.58. The van der Waals surface area contributed by atoms with Gasteiger partial charge in [-0.2, -0.15) is 0 Å². The predicted octanol–water partition coefficient (Wildman–Crippen LogP) is 4.77. The van der Waals surface area contributed by atoms with E-state index in [2.05, 4.69) is 5.32 Å². The Balaban J connectivity index is 1.93. The second-order valence-corrected chi connectivity index (χ2v) is 6.34. The van der Waals surface area contributed by atoms with E-state index < -0.39 is 12.6 Å². The summed E-state index contributed by atoms with van der Waals surface area (Å²) in [6, 6.07) is 10.7. The number of halogens is 2. The highest BCUT2D eigenvalue weighted by Gasteiger charge is 2.15. The minimum atomic E-state index is -0.705. The molecule has 0 spiro atoms. The normalized spacial score (nSPS) is 10.3. The van der Waals surface area contributed by atoms with Crippen LogP contribution in [0, 0.1) is 0 Å². The molecule has 2 aromatic rings. The summed E-state index contributed by atoms with van der Waals surface area (Å²) in [7, 11) is 0. The van der Waals surface area contributed by atoms with E-state index in [9.17, 15) is 14.4 Å². The number of anilines is 1.